The molecular weight excluding hydrogens is 182 g/mol. The Labute approximate surface area is 83.6 Å². The van der Waals surface area contributed by atoms with Crippen LogP contribution in [0.2, 0.25) is 0 Å². The molecule has 0 unspecified atom stereocenters. The summed E-state index contributed by atoms with van der Waals surface area (Å²) >= 11 is 6.02. The normalized spacial score (nSPS) is 16.1. The summed E-state index contributed by atoms with van der Waals surface area (Å²) in [5.41, 5.74) is 3.44. The van der Waals surface area contributed by atoms with E-state index in [-0.39, 0.29) is 0 Å². The van der Waals surface area contributed by atoms with Crippen molar-refractivity contribution in [1.82, 2.24) is 0 Å². The molecule has 1 nitrogen and oxygen atoms in total. The smallest absolute Gasteiger partial charge is 0.138 e. The van der Waals surface area contributed by atoms with Gasteiger partial charge in [0.05, 0.1) is 5.03 Å². The zero-order valence-electron chi connectivity index (χ0n) is 7.63. The van der Waals surface area contributed by atoms with Gasteiger partial charge in [0.25, 0.3) is 0 Å². The molecule has 1 aromatic carbocycles. The van der Waals surface area contributed by atoms with Gasteiger partial charge in [-0.05, 0) is 18.6 Å². The monoisotopic (exact) mass is 191 g/mol. The maximum Gasteiger partial charge on any atom is 0.138 e. The average molecular weight is 192 g/mol. The molecule has 0 amide bonds. The molecule has 0 aromatic heterocycles. The zero-order valence-corrected chi connectivity index (χ0v) is 8.39. The number of nitrogens with zero attached hydrogens (tertiary/aromatic N) is 1. The fraction of sp³-hybridized carbons (Fsp3) is 0.182. The summed E-state index contributed by atoms with van der Waals surface area (Å²) in [5.74, 6) is 0. The molecule has 13 heavy (non-hydrogen) atoms. The molecule has 1 aromatic rings. The minimum absolute atomic E-state index is 0.696. The Morgan fingerprint density at radius 3 is 2.77 bits per heavy atom. The number of fused-ring (bicyclic) bond motifs is 1. The Morgan fingerprint density at radius 1 is 1.31 bits per heavy atom. The summed E-state index contributed by atoms with van der Waals surface area (Å²) in [6.45, 7) is 5.08. The number of allylic oxidation sites excluding steroid dienone is 1. The quantitative estimate of drug-likeness (QED) is 0.609. The van der Waals surface area contributed by atoms with Crippen molar-refractivity contribution >= 4 is 22.9 Å². The predicted octanol–water partition coefficient (Wildman–Crippen LogP) is 3.14. The van der Waals surface area contributed by atoms with Gasteiger partial charge in [-0.3, -0.25) is 0 Å². The van der Waals surface area contributed by atoms with Gasteiger partial charge in [-0.2, -0.15) is 0 Å². The summed E-state index contributed by atoms with van der Waals surface area (Å²) in [6.07, 6.45) is 0. The van der Waals surface area contributed by atoms with Crippen LogP contribution in [0.1, 0.15) is 12.5 Å². The number of anilines is 1. The van der Waals surface area contributed by atoms with Crippen molar-refractivity contribution in [2.24, 2.45) is 0 Å². The molecule has 66 valence electrons. The fourth-order valence-electron chi connectivity index (χ4n) is 1.49. The molecule has 0 fully saturated rings. The molecule has 1 aliphatic heterocycles. The fourth-order valence-corrected chi connectivity index (χ4v) is 1.72. The van der Waals surface area contributed by atoms with E-state index in [1.54, 1.807) is 0 Å². The van der Waals surface area contributed by atoms with Gasteiger partial charge in [-0.15, -0.1) is 0 Å². The van der Waals surface area contributed by atoms with E-state index >= 15 is 0 Å². The van der Waals surface area contributed by atoms with E-state index in [0.29, 0.717) is 5.03 Å². The van der Waals surface area contributed by atoms with Crippen LogP contribution in [0.3, 0.4) is 0 Å². The van der Waals surface area contributed by atoms with Crippen molar-refractivity contribution in [2.75, 3.05) is 11.9 Å². The van der Waals surface area contributed by atoms with Gasteiger partial charge in [0.1, 0.15) is 6.54 Å². The molecule has 0 saturated heterocycles. The van der Waals surface area contributed by atoms with Crippen molar-refractivity contribution in [2.45, 2.75) is 6.92 Å². The van der Waals surface area contributed by atoms with Crippen LogP contribution in [0.15, 0.2) is 29.3 Å². The van der Waals surface area contributed by atoms with E-state index in [4.69, 9.17) is 11.6 Å². The molecule has 0 N–H and O–H groups in total. The van der Waals surface area contributed by atoms with Crippen LogP contribution in [-0.4, -0.2) is 7.05 Å². The molecular formula is C11H10ClN. The van der Waals surface area contributed by atoms with Crippen LogP contribution in [0.5, 0.6) is 0 Å². The lowest BCUT2D eigenvalue weighted by Crippen LogP contribution is -2.18. The van der Waals surface area contributed by atoms with Crippen LogP contribution < -0.4 is 4.90 Å². The molecule has 2 heteroatoms. The number of halogens is 1. The highest BCUT2D eigenvalue weighted by Crippen LogP contribution is 2.36. The summed E-state index contributed by atoms with van der Waals surface area (Å²) in [4.78, 5) is 1.92. The summed E-state index contributed by atoms with van der Waals surface area (Å²) in [5, 5.41) is 0.696. The Morgan fingerprint density at radius 2 is 2.00 bits per heavy atom. The number of benzene rings is 1. The summed E-state index contributed by atoms with van der Waals surface area (Å²) < 4.78 is 0. The lowest BCUT2D eigenvalue weighted by Gasteiger charge is -2.26. The first-order valence-electron chi connectivity index (χ1n) is 4.16. The third kappa shape index (κ3) is 1.33. The molecule has 2 rings (SSSR count). The van der Waals surface area contributed by atoms with Gasteiger partial charge in [0, 0.05) is 18.3 Å². The number of para-hydroxylation sites is 1. The van der Waals surface area contributed by atoms with E-state index in [2.05, 4.69) is 18.7 Å². The van der Waals surface area contributed by atoms with Crippen molar-refractivity contribution in [3.63, 3.8) is 0 Å². The summed E-state index contributed by atoms with van der Waals surface area (Å²) in [6, 6.07) is 8.18. The second-order valence-electron chi connectivity index (χ2n) is 3.13. The molecule has 0 aliphatic carbocycles. The van der Waals surface area contributed by atoms with E-state index in [1.807, 2.05) is 31.0 Å². The van der Waals surface area contributed by atoms with Gasteiger partial charge in [-0.1, -0.05) is 29.8 Å². The van der Waals surface area contributed by atoms with Gasteiger partial charge in [-0.25, -0.2) is 0 Å². The zero-order chi connectivity index (χ0) is 9.42. The SMILES string of the molecule is CC1=C(Cl)[C]N(C)c2ccccc21. The minimum Gasteiger partial charge on any atom is -0.358 e. The molecule has 1 aliphatic rings. The van der Waals surface area contributed by atoms with E-state index in [0.717, 1.165) is 11.3 Å². The Bertz CT molecular complexity index is 368. The third-order valence-corrected chi connectivity index (χ3v) is 2.63. The molecule has 1 heterocycles. The van der Waals surface area contributed by atoms with Crippen LogP contribution in [0.25, 0.3) is 5.57 Å². The number of rotatable bonds is 0. The molecule has 0 spiro atoms. The molecule has 0 bridgehead atoms. The van der Waals surface area contributed by atoms with Crippen molar-refractivity contribution in [3.05, 3.63) is 41.4 Å². The predicted molar refractivity (Wildman–Crippen MR) is 56.5 cm³/mol. The van der Waals surface area contributed by atoms with Gasteiger partial charge >= 0.3 is 0 Å². The van der Waals surface area contributed by atoms with Crippen molar-refractivity contribution < 1.29 is 0 Å². The van der Waals surface area contributed by atoms with E-state index in [9.17, 15) is 0 Å². The molecule has 0 atom stereocenters. The second-order valence-corrected chi connectivity index (χ2v) is 3.50. The highest BCUT2D eigenvalue weighted by atomic mass is 35.5. The highest BCUT2D eigenvalue weighted by molar-refractivity contribution is 6.34. The number of likely N-dealkylation sites (N-methyl/N-ethyl adjacent to an activating group) is 1. The Kier molecular flexibility index (Phi) is 2.04. The second kappa shape index (κ2) is 3.08. The first-order chi connectivity index (χ1) is 6.20. The Hall–Kier alpha value is -0.950. The maximum absolute atomic E-state index is 6.02. The van der Waals surface area contributed by atoms with Gasteiger partial charge < -0.3 is 4.90 Å². The lowest BCUT2D eigenvalue weighted by atomic mass is 10.0. The van der Waals surface area contributed by atoms with Crippen LogP contribution in [0, 0.1) is 6.54 Å². The van der Waals surface area contributed by atoms with Crippen molar-refractivity contribution in [1.29, 1.82) is 0 Å². The standard InChI is InChI=1S/C11H10ClN/c1-8-9-5-3-4-6-11(9)13(2)7-10(8)12/h3-6H,1-2H3. The number of hydrogen-bond donors (Lipinski definition) is 0. The first-order valence-corrected chi connectivity index (χ1v) is 4.54. The third-order valence-electron chi connectivity index (χ3n) is 2.26. The summed E-state index contributed by atoms with van der Waals surface area (Å²) in [7, 11) is 1.95. The van der Waals surface area contributed by atoms with E-state index < -0.39 is 0 Å². The van der Waals surface area contributed by atoms with Gasteiger partial charge in [0.15, 0.2) is 0 Å². The lowest BCUT2D eigenvalue weighted by molar-refractivity contribution is 1.10. The molecule has 0 saturated carbocycles. The molecule has 2 radical (unpaired) electrons. The maximum atomic E-state index is 6.02. The highest BCUT2D eigenvalue weighted by Gasteiger charge is 2.18. The minimum atomic E-state index is 0.696. The van der Waals surface area contributed by atoms with E-state index in [1.165, 1.54) is 5.56 Å². The van der Waals surface area contributed by atoms with Crippen LogP contribution in [0.4, 0.5) is 5.69 Å². The van der Waals surface area contributed by atoms with Gasteiger partial charge in [0.2, 0.25) is 0 Å². The number of hydrogen-bond acceptors (Lipinski definition) is 1. The topological polar surface area (TPSA) is 3.24 Å². The van der Waals surface area contributed by atoms with Crippen LogP contribution in [-0.2, 0) is 0 Å². The van der Waals surface area contributed by atoms with Crippen molar-refractivity contribution in [3.8, 4) is 0 Å². The Balaban J connectivity index is 2.62. The average Bonchev–Trinajstić information content (AvgIpc) is 2.15. The van der Waals surface area contributed by atoms with Crippen LogP contribution >= 0.6 is 11.6 Å². The first kappa shape index (κ1) is 8.64. The largest absolute Gasteiger partial charge is 0.358 e.